The Morgan fingerprint density at radius 1 is 1.23 bits per heavy atom. The van der Waals surface area contributed by atoms with Crippen LogP contribution < -0.4 is 5.32 Å². The van der Waals surface area contributed by atoms with E-state index in [9.17, 15) is 13.2 Å². The summed E-state index contributed by atoms with van der Waals surface area (Å²) in [5.41, 5.74) is 1.00. The zero-order valence-corrected chi connectivity index (χ0v) is 14.7. The second-order valence-corrected chi connectivity index (χ2v) is 7.93. The normalized spacial score (nSPS) is 11.9. The predicted octanol–water partition coefficient (Wildman–Crippen LogP) is 2.06. The highest BCUT2D eigenvalue weighted by Crippen LogP contribution is 2.11. The van der Waals surface area contributed by atoms with Crippen molar-refractivity contribution in [1.29, 1.82) is 0 Å². The van der Waals surface area contributed by atoms with Crippen LogP contribution in [-0.4, -0.2) is 44.0 Å². The van der Waals surface area contributed by atoms with Crippen LogP contribution in [0.1, 0.15) is 25.8 Å². The molecule has 0 spiro atoms. The topological polar surface area (TPSA) is 66.5 Å². The Labute approximate surface area is 137 Å². The first-order valence-electron chi connectivity index (χ1n) is 7.17. The van der Waals surface area contributed by atoms with Gasteiger partial charge in [-0.05, 0) is 38.0 Å². The Morgan fingerprint density at radius 3 is 2.32 bits per heavy atom. The molecule has 1 N–H and O–H groups in total. The molecule has 0 unspecified atom stereocenters. The number of amides is 1. The van der Waals surface area contributed by atoms with E-state index in [-0.39, 0.29) is 24.9 Å². The average Bonchev–Trinajstić information content (AvgIpc) is 2.38. The van der Waals surface area contributed by atoms with E-state index in [1.54, 1.807) is 12.1 Å². The second-order valence-electron chi connectivity index (χ2n) is 5.51. The van der Waals surface area contributed by atoms with Crippen LogP contribution in [0.4, 0.5) is 0 Å². The van der Waals surface area contributed by atoms with Gasteiger partial charge in [-0.15, -0.1) is 0 Å². The molecule has 0 aliphatic carbocycles. The van der Waals surface area contributed by atoms with Crippen LogP contribution in [0.15, 0.2) is 24.3 Å². The van der Waals surface area contributed by atoms with Crippen molar-refractivity contribution in [1.82, 2.24) is 9.62 Å². The second kappa shape index (κ2) is 8.50. The third-order valence-electron chi connectivity index (χ3n) is 3.07. The number of sulfonamides is 1. The molecule has 1 aromatic carbocycles. The number of benzene rings is 1. The van der Waals surface area contributed by atoms with Crippen LogP contribution in [-0.2, 0) is 21.2 Å². The minimum absolute atomic E-state index is 0.0493. The number of hydrogen-bond donors (Lipinski definition) is 1. The maximum atomic E-state index is 11.8. The molecule has 0 aliphatic rings. The maximum absolute atomic E-state index is 11.8. The molecule has 0 saturated carbocycles. The highest BCUT2D eigenvalue weighted by atomic mass is 35.5. The monoisotopic (exact) mass is 346 g/mol. The molecule has 1 aromatic rings. The number of nitrogens with zero attached hydrogens (tertiary/aromatic N) is 1. The molecule has 5 nitrogen and oxygen atoms in total. The minimum Gasteiger partial charge on any atom is -0.354 e. The van der Waals surface area contributed by atoms with Gasteiger partial charge in [-0.3, -0.25) is 4.79 Å². The van der Waals surface area contributed by atoms with Crippen molar-refractivity contribution in [2.24, 2.45) is 0 Å². The maximum Gasteiger partial charge on any atom is 0.221 e. The zero-order chi connectivity index (χ0) is 16.8. The summed E-state index contributed by atoms with van der Waals surface area (Å²) in [4.78, 5) is 11.6. The van der Waals surface area contributed by atoms with E-state index in [0.29, 0.717) is 18.0 Å². The van der Waals surface area contributed by atoms with Gasteiger partial charge in [0.05, 0.1) is 6.26 Å². The zero-order valence-electron chi connectivity index (χ0n) is 13.2. The Kier molecular flexibility index (Phi) is 7.32. The number of hydrogen-bond acceptors (Lipinski definition) is 3. The molecular formula is C15H23ClN2O3S. The van der Waals surface area contributed by atoms with Gasteiger partial charge in [-0.25, -0.2) is 12.7 Å². The van der Waals surface area contributed by atoms with Gasteiger partial charge in [0.25, 0.3) is 0 Å². The molecule has 0 fully saturated rings. The van der Waals surface area contributed by atoms with Gasteiger partial charge in [0.15, 0.2) is 0 Å². The van der Waals surface area contributed by atoms with Crippen molar-refractivity contribution in [3.05, 3.63) is 34.9 Å². The Morgan fingerprint density at radius 2 is 1.82 bits per heavy atom. The number of carbonyl (C=O) groups excluding carboxylic acids is 1. The van der Waals surface area contributed by atoms with Crippen molar-refractivity contribution >= 4 is 27.5 Å². The highest BCUT2D eigenvalue weighted by molar-refractivity contribution is 7.88. The quantitative estimate of drug-likeness (QED) is 0.783. The molecule has 0 atom stereocenters. The largest absolute Gasteiger partial charge is 0.354 e. The minimum atomic E-state index is -3.34. The summed E-state index contributed by atoms with van der Waals surface area (Å²) in [5.74, 6) is -0.143. The van der Waals surface area contributed by atoms with Gasteiger partial charge in [-0.1, -0.05) is 23.7 Å². The summed E-state index contributed by atoms with van der Waals surface area (Å²) in [7, 11) is -3.34. The molecule has 0 radical (unpaired) electrons. The molecule has 124 valence electrons. The fourth-order valence-corrected chi connectivity index (χ4v) is 2.94. The Hall–Kier alpha value is -1.11. The lowest BCUT2D eigenvalue weighted by molar-refractivity contribution is -0.121. The first-order chi connectivity index (χ1) is 10.2. The molecule has 7 heteroatoms. The van der Waals surface area contributed by atoms with Crippen LogP contribution in [0.25, 0.3) is 0 Å². The van der Waals surface area contributed by atoms with Crippen LogP contribution in [0.3, 0.4) is 0 Å². The van der Waals surface area contributed by atoms with Crippen molar-refractivity contribution in [3.63, 3.8) is 0 Å². The number of halogens is 1. The van der Waals surface area contributed by atoms with E-state index in [1.807, 2.05) is 26.0 Å². The van der Waals surface area contributed by atoms with Gasteiger partial charge in [0.2, 0.25) is 15.9 Å². The van der Waals surface area contributed by atoms with Crippen LogP contribution in [0, 0.1) is 0 Å². The summed E-state index contributed by atoms with van der Waals surface area (Å²) in [5, 5.41) is 3.40. The van der Waals surface area contributed by atoms with E-state index >= 15 is 0 Å². The number of nitrogens with one attached hydrogen (secondary N) is 1. The predicted molar refractivity (Wildman–Crippen MR) is 89.5 cm³/mol. The fourth-order valence-electron chi connectivity index (χ4n) is 1.97. The molecule has 1 amide bonds. The lowest BCUT2D eigenvalue weighted by atomic mass is 10.1. The molecule has 0 aliphatic heterocycles. The van der Waals surface area contributed by atoms with Crippen molar-refractivity contribution in [2.75, 3.05) is 19.3 Å². The first kappa shape index (κ1) is 18.9. The first-order valence-corrected chi connectivity index (χ1v) is 9.40. The molecule has 1 rings (SSSR count). The third-order valence-corrected chi connectivity index (χ3v) is 4.63. The van der Waals surface area contributed by atoms with E-state index in [1.165, 1.54) is 4.31 Å². The summed E-state index contributed by atoms with van der Waals surface area (Å²) < 4.78 is 25.0. The van der Waals surface area contributed by atoms with E-state index in [4.69, 9.17) is 11.6 Å². The molecule has 0 aromatic heterocycles. The Balaban J connectivity index is 2.58. The van der Waals surface area contributed by atoms with Gasteiger partial charge in [0, 0.05) is 30.6 Å². The third kappa shape index (κ3) is 7.24. The smallest absolute Gasteiger partial charge is 0.221 e. The standard InChI is InChI=1S/C15H23ClN2O3S/c1-12(2)17-15(19)9-11-18(22(3,20)21)10-8-13-4-6-14(16)7-5-13/h4-7,12H,8-11H2,1-3H3,(H,17,19). The van der Waals surface area contributed by atoms with Gasteiger partial charge in [0.1, 0.15) is 0 Å². The summed E-state index contributed by atoms with van der Waals surface area (Å²) in [6, 6.07) is 7.34. The molecule has 0 saturated heterocycles. The van der Waals surface area contributed by atoms with Crippen molar-refractivity contribution in [2.45, 2.75) is 32.7 Å². The summed E-state index contributed by atoms with van der Waals surface area (Å²) in [6.07, 6.45) is 1.90. The molecular weight excluding hydrogens is 324 g/mol. The van der Waals surface area contributed by atoms with E-state index in [0.717, 1.165) is 11.8 Å². The SMILES string of the molecule is CC(C)NC(=O)CCN(CCc1ccc(Cl)cc1)S(C)(=O)=O. The summed E-state index contributed by atoms with van der Waals surface area (Å²) in [6.45, 7) is 4.26. The van der Waals surface area contributed by atoms with Gasteiger partial charge in [-0.2, -0.15) is 0 Å². The lowest BCUT2D eigenvalue weighted by Crippen LogP contribution is -2.37. The molecule has 22 heavy (non-hydrogen) atoms. The van der Waals surface area contributed by atoms with Crippen molar-refractivity contribution < 1.29 is 13.2 Å². The van der Waals surface area contributed by atoms with Gasteiger partial charge >= 0.3 is 0 Å². The van der Waals surface area contributed by atoms with Crippen molar-refractivity contribution in [3.8, 4) is 0 Å². The van der Waals surface area contributed by atoms with E-state index in [2.05, 4.69) is 5.32 Å². The van der Waals surface area contributed by atoms with Crippen LogP contribution in [0.2, 0.25) is 5.02 Å². The molecule has 0 bridgehead atoms. The lowest BCUT2D eigenvalue weighted by Gasteiger charge is -2.20. The number of rotatable bonds is 8. The fraction of sp³-hybridized carbons (Fsp3) is 0.533. The Bertz CT molecular complexity index is 585. The van der Waals surface area contributed by atoms with Crippen LogP contribution in [0.5, 0.6) is 0 Å². The van der Waals surface area contributed by atoms with E-state index < -0.39 is 10.0 Å². The molecule has 0 heterocycles. The van der Waals surface area contributed by atoms with Gasteiger partial charge < -0.3 is 5.32 Å². The number of carbonyl (C=O) groups is 1. The average molecular weight is 347 g/mol. The van der Waals surface area contributed by atoms with Crippen LogP contribution >= 0.6 is 11.6 Å². The highest BCUT2D eigenvalue weighted by Gasteiger charge is 2.17. The summed E-state index contributed by atoms with van der Waals surface area (Å²) >= 11 is 5.82.